The first kappa shape index (κ1) is 14.9. The average Bonchev–Trinajstić information content (AvgIpc) is 2.26. The summed E-state index contributed by atoms with van der Waals surface area (Å²) >= 11 is 0. The van der Waals surface area contributed by atoms with Crippen LogP contribution in [-0.2, 0) is 0 Å². The van der Waals surface area contributed by atoms with Crippen molar-refractivity contribution in [1.29, 1.82) is 0 Å². The van der Waals surface area contributed by atoms with E-state index in [9.17, 15) is 0 Å². The number of piperazine rings is 1. The zero-order chi connectivity index (χ0) is 12.8. The maximum absolute atomic E-state index is 3.59. The van der Waals surface area contributed by atoms with Gasteiger partial charge in [0.15, 0.2) is 0 Å². The summed E-state index contributed by atoms with van der Waals surface area (Å²) in [5.41, 5.74) is 0. The molecule has 0 radical (unpaired) electrons. The van der Waals surface area contributed by atoms with E-state index in [1.807, 2.05) is 0 Å². The van der Waals surface area contributed by atoms with Crippen molar-refractivity contribution in [3.05, 3.63) is 0 Å². The second-order valence-electron chi connectivity index (χ2n) is 5.79. The van der Waals surface area contributed by atoms with E-state index in [4.69, 9.17) is 0 Å². The number of likely N-dealkylation sites (N-methyl/N-ethyl adjacent to an activating group) is 1. The third-order valence-corrected chi connectivity index (χ3v) is 3.89. The number of nitrogens with zero attached hydrogens (tertiary/aromatic N) is 2. The Morgan fingerprint density at radius 2 is 2.00 bits per heavy atom. The molecule has 17 heavy (non-hydrogen) atoms. The Bertz CT molecular complexity index is 208. The van der Waals surface area contributed by atoms with E-state index in [-0.39, 0.29) is 0 Å². The molecule has 0 aliphatic carbocycles. The van der Waals surface area contributed by atoms with Crippen molar-refractivity contribution in [3.8, 4) is 0 Å². The lowest BCUT2D eigenvalue weighted by Crippen LogP contribution is -2.54. The minimum absolute atomic E-state index is 0.636. The molecule has 1 saturated heterocycles. The molecule has 1 aliphatic rings. The van der Waals surface area contributed by atoms with Gasteiger partial charge in [-0.15, -0.1) is 0 Å². The van der Waals surface area contributed by atoms with Gasteiger partial charge in [0.2, 0.25) is 0 Å². The van der Waals surface area contributed by atoms with Gasteiger partial charge in [0.25, 0.3) is 0 Å². The van der Waals surface area contributed by atoms with Gasteiger partial charge in [-0.2, -0.15) is 0 Å². The van der Waals surface area contributed by atoms with E-state index >= 15 is 0 Å². The van der Waals surface area contributed by atoms with Crippen LogP contribution in [0.15, 0.2) is 0 Å². The van der Waals surface area contributed by atoms with Gasteiger partial charge >= 0.3 is 0 Å². The van der Waals surface area contributed by atoms with Crippen LogP contribution in [-0.4, -0.2) is 61.2 Å². The zero-order valence-electron chi connectivity index (χ0n) is 12.4. The van der Waals surface area contributed by atoms with Crippen LogP contribution >= 0.6 is 0 Å². The molecule has 0 aromatic heterocycles. The smallest absolute Gasteiger partial charge is 0.0198 e. The highest BCUT2D eigenvalue weighted by atomic mass is 15.3. The van der Waals surface area contributed by atoms with Gasteiger partial charge in [0, 0.05) is 37.8 Å². The fourth-order valence-electron chi connectivity index (χ4n) is 2.93. The maximum atomic E-state index is 3.59. The largest absolute Gasteiger partial charge is 0.314 e. The van der Waals surface area contributed by atoms with Gasteiger partial charge in [0.05, 0.1) is 0 Å². The van der Waals surface area contributed by atoms with Gasteiger partial charge < -0.3 is 10.2 Å². The molecule has 0 aromatic rings. The van der Waals surface area contributed by atoms with Crippen LogP contribution in [0.5, 0.6) is 0 Å². The second-order valence-corrected chi connectivity index (χ2v) is 5.79. The van der Waals surface area contributed by atoms with Crippen LogP contribution < -0.4 is 5.32 Å². The standard InChI is InChI=1S/C14H31N3/c1-6-7-15-12(2)10-13(3)17-9-8-16(5)11-14(17)4/h12-15H,6-11H2,1-5H3. The third-order valence-electron chi connectivity index (χ3n) is 3.89. The number of hydrogen-bond donors (Lipinski definition) is 1. The van der Waals surface area contributed by atoms with Crippen molar-refractivity contribution in [2.75, 3.05) is 33.2 Å². The SMILES string of the molecule is CCCNC(C)CC(C)N1CCN(C)CC1C. The quantitative estimate of drug-likeness (QED) is 0.765. The summed E-state index contributed by atoms with van der Waals surface area (Å²) in [5.74, 6) is 0. The Morgan fingerprint density at radius 1 is 1.29 bits per heavy atom. The van der Waals surface area contributed by atoms with Gasteiger partial charge in [-0.25, -0.2) is 0 Å². The molecule has 0 bridgehead atoms. The van der Waals surface area contributed by atoms with Crippen LogP contribution in [0, 0.1) is 0 Å². The van der Waals surface area contributed by atoms with Crippen LogP contribution in [0.1, 0.15) is 40.5 Å². The summed E-state index contributed by atoms with van der Waals surface area (Å²) < 4.78 is 0. The van der Waals surface area contributed by atoms with Gasteiger partial charge in [0.1, 0.15) is 0 Å². The third kappa shape index (κ3) is 4.94. The summed E-state index contributed by atoms with van der Waals surface area (Å²) in [7, 11) is 2.23. The molecule has 0 saturated carbocycles. The Hall–Kier alpha value is -0.120. The molecule has 3 nitrogen and oxygen atoms in total. The number of hydrogen-bond acceptors (Lipinski definition) is 3. The van der Waals surface area contributed by atoms with Crippen molar-refractivity contribution in [2.45, 2.75) is 58.7 Å². The Kier molecular flexibility index (Phi) is 6.45. The van der Waals surface area contributed by atoms with E-state index < -0.39 is 0 Å². The van der Waals surface area contributed by atoms with Crippen LogP contribution in [0.3, 0.4) is 0 Å². The van der Waals surface area contributed by atoms with E-state index in [0.29, 0.717) is 18.1 Å². The fraction of sp³-hybridized carbons (Fsp3) is 1.00. The molecule has 3 atom stereocenters. The Balaban J connectivity index is 2.33. The molecule has 102 valence electrons. The molecular formula is C14H31N3. The zero-order valence-corrected chi connectivity index (χ0v) is 12.4. The van der Waals surface area contributed by atoms with Gasteiger partial charge in [-0.1, -0.05) is 6.92 Å². The summed E-state index contributed by atoms with van der Waals surface area (Å²) in [4.78, 5) is 5.11. The highest BCUT2D eigenvalue weighted by molar-refractivity contribution is 4.83. The van der Waals surface area contributed by atoms with E-state index in [1.54, 1.807) is 0 Å². The molecule has 0 amide bonds. The molecule has 1 aliphatic heterocycles. The number of rotatable bonds is 6. The molecule has 1 fully saturated rings. The van der Waals surface area contributed by atoms with E-state index in [2.05, 4.69) is 49.9 Å². The molecule has 3 unspecified atom stereocenters. The van der Waals surface area contributed by atoms with E-state index in [0.717, 1.165) is 6.54 Å². The monoisotopic (exact) mass is 241 g/mol. The van der Waals surface area contributed by atoms with Crippen molar-refractivity contribution in [2.24, 2.45) is 0 Å². The summed E-state index contributed by atoms with van der Waals surface area (Å²) in [6.45, 7) is 14.1. The average molecular weight is 241 g/mol. The Labute approximate surface area is 108 Å². The predicted octanol–water partition coefficient (Wildman–Crippen LogP) is 1.79. The van der Waals surface area contributed by atoms with Crippen LogP contribution in [0.4, 0.5) is 0 Å². The molecular weight excluding hydrogens is 210 g/mol. The van der Waals surface area contributed by atoms with Crippen molar-refractivity contribution in [1.82, 2.24) is 15.1 Å². The highest BCUT2D eigenvalue weighted by Crippen LogP contribution is 2.15. The first-order valence-corrected chi connectivity index (χ1v) is 7.22. The molecule has 3 heteroatoms. The lowest BCUT2D eigenvalue weighted by molar-refractivity contribution is 0.0610. The lowest BCUT2D eigenvalue weighted by atomic mass is 10.0. The van der Waals surface area contributed by atoms with Crippen molar-refractivity contribution in [3.63, 3.8) is 0 Å². The van der Waals surface area contributed by atoms with Crippen LogP contribution in [0.2, 0.25) is 0 Å². The molecule has 1 rings (SSSR count). The second kappa shape index (κ2) is 7.34. The number of nitrogens with one attached hydrogen (secondary N) is 1. The van der Waals surface area contributed by atoms with Crippen LogP contribution in [0.25, 0.3) is 0 Å². The summed E-state index contributed by atoms with van der Waals surface area (Å²) in [6, 6.07) is 2.02. The fourth-order valence-corrected chi connectivity index (χ4v) is 2.93. The normalized spacial score (nSPS) is 27.0. The highest BCUT2D eigenvalue weighted by Gasteiger charge is 2.26. The van der Waals surface area contributed by atoms with E-state index in [1.165, 1.54) is 32.5 Å². The summed E-state index contributed by atoms with van der Waals surface area (Å²) in [6.07, 6.45) is 2.48. The minimum Gasteiger partial charge on any atom is -0.314 e. The maximum Gasteiger partial charge on any atom is 0.0198 e. The van der Waals surface area contributed by atoms with Crippen molar-refractivity contribution < 1.29 is 0 Å². The topological polar surface area (TPSA) is 18.5 Å². The molecule has 1 N–H and O–H groups in total. The molecule has 0 aromatic carbocycles. The van der Waals surface area contributed by atoms with Crippen molar-refractivity contribution >= 4 is 0 Å². The molecule has 0 spiro atoms. The molecule has 1 heterocycles. The summed E-state index contributed by atoms with van der Waals surface area (Å²) in [5, 5.41) is 3.59. The first-order chi connectivity index (χ1) is 8.04. The van der Waals surface area contributed by atoms with Gasteiger partial charge in [-0.05, 0) is 47.2 Å². The first-order valence-electron chi connectivity index (χ1n) is 7.22. The predicted molar refractivity (Wildman–Crippen MR) is 75.5 cm³/mol. The lowest BCUT2D eigenvalue weighted by Gasteiger charge is -2.42. The minimum atomic E-state index is 0.636. The Morgan fingerprint density at radius 3 is 2.59 bits per heavy atom. The van der Waals surface area contributed by atoms with Gasteiger partial charge in [-0.3, -0.25) is 4.90 Å².